The average Bonchev–Trinajstić information content (AvgIpc) is 3.30. The highest BCUT2D eigenvalue weighted by atomic mass is 32.3. The molecule has 0 aliphatic heterocycles. The minimum Gasteiger partial charge on any atom is -0.393 e. The molecule has 0 aromatic carbocycles. The molecule has 0 amide bonds. The predicted molar refractivity (Wildman–Crippen MR) is 171 cm³/mol. The van der Waals surface area contributed by atoms with Crippen LogP contribution < -0.4 is 16.4 Å². The summed E-state index contributed by atoms with van der Waals surface area (Å²) in [5, 5.41) is 30.8. The Morgan fingerprint density at radius 2 is 1.67 bits per heavy atom. The predicted octanol–water partition coefficient (Wildman–Crippen LogP) is 4.13. The van der Waals surface area contributed by atoms with Gasteiger partial charge in [-0.2, -0.15) is 8.42 Å². The summed E-state index contributed by atoms with van der Waals surface area (Å²) >= 11 is 0. The van der Waals surface area contributed by atoms with E-state index in [4.69, 9.17) is 9.92 Å². The first kappa shape index (κ1) is 35.5. The highest BCUT2D eigenvalue weighted by Gasteiger charge is 2.63. The molecule has 4 aliphatic carbocycles. The van der Waals surface area contributed by atoms with E-state index in [9.17, 15) is 23.2 Å². The van der Waals surface area contributed by atoms with E-state index in [2.05, 4.69) is 24.5 Å². The summed E-state index contributed by atoms with van der Waals surface area (Å²) in [4.78, 5) is 0. The van der Waals surface area contributed by atoms with Gasteiger partial charge in [0.05, 0.1) is 18.3 Å². The Hall–Kier alpha value is -0.330. The number of hydrogen-bond donors (Lipinski definition) is 6. The minimum atomic E-state index is -4.50. The van der Waals surface area contributed by atoms with Crippen molar-refractivity contribution in [1.82, 2.24) is 10.6 Å². The number of nitrogens with one attached hydrogen (secondary N) is 2. The molecular weight excluding hydrogens is 566 g/mol. The van der Waals surface area contributed by atoms with Crippen molar-refractivity contribution in [1.29, 1.82) is 0 Å². The van der Waals surface area contributed by atoms with E-state index in [1.165, 1.54) is 12.8 Å². The standard InChI is InChI=1S/C33H63N3O6S/c1-21(2)30(42-43(39,40)41)13-8-22(3)27-11-12-28-32-26(20-31(38)33(27,28)4)25-10-9-24(18-23(25)19-29(32)37)36-17-7-16-35-15-6-5-14-34/h21-32,35-38H,5-20,34H2,1-4H3,(H,39,40,41)/t22-,23-,24+,25?,26?,27?,28?,29?,30?,31?,32?,33-/m1/s1. The molecule has 8 unspecified atom stereocenters. The van der Waals surface area contributed by atoms with Crippen molar-refractivity contribution in [2.24, 2.45) is 58.5 Å². The molecular formula is C33H63N3O6S. The largest absolute Gasteiger partial charge is 0.397 e. The Morgan fingerprint density at radius 3 is 2.37 bits per heavy atom. The summed E-state index contributed by atoms with van der Waals surface area (Å²) in [6, 6.07) is 0.525. The zero-order chi connectivity index (χ0) is 31.4. The van der Waals surface area contributed by atoms with Gasteiger partial charge < -0.3 is 26.6 Å². The van der Waals surface area contributed by atoms with Gasteiger partial charge in [0, 0.05) is 6.04 Å². The molecule has 0 bridgehead atoms. The minimum absolute atomic E-state index is 0.0359. The number of nitrogens with two attached hydrogens (primary N) is 1. The molecule has 0 aromatic heterocycles. The van der Waals surface area contributed by atoms with Gasteiger partial charge in [-0.25, -0.2) is 4.18 Å². The molecule has 10 heteroatoms. The van der Waals surface area contributed by atoms with Crippen molar-refractivity contribution in [3.8, 4) is 0 Å². The average molecular weight is 630 g/mol. The van der Waals surface area contributed by atoms with E-state index in [1.54, 1.807) is 0 Å². The molecule has 4 fully saturated rings. The van der Waals surface area contributed by atoms with Crippen LogP contribution in [0.4, 0.5) is 0 Å². The van der Waals surface area contributed by atoms with Crippen molar-refractivity contribution < 1.29 is 27.4 Å². The molecule has 7 N–H and O–H groups in total. The topological polar surface area (TPSA) is 154 Å². The number of rotatable bonds is 16. The smallest absolute Gasteiger partial charge is 0.393 e. The maximum Gasteiger partial charge on any atom is 0.397 e. The zero-order valence-electron chi connectivity index (χ0n) is 27.3. The fourth-order valence-corrected chi connectivity index (χ4v) is 11.0. The molecule has 12 atom stereocenters. The highest BCUT2D eigenvalue weighted by Crippen LogP contribution is 2.65. The van der Waals surface area contributed by atoms with E-state index >= 15 is 0 Å². The van der Waals surface area contributed by atoms with Crippen LogP contribution >= 0.6 is 0 Å². The lowest BCUT2D eigenvalue weighted by molar-refractivity contribution is -0.176. The zero-order valence-corrected chi connectivity index (χ0v) is 28.1. The van der Waals surface area contributed by atoms with Crippen LogP contribution in [-0.2, 0) is 14.6 Å². The van der Waals surface area contributed by atoms with Gasteiger partial charge in [-0.05, 0) is 156 Å². The SMILES string of the molecule is CC(C)C(CC[C@@H](C)C1CCC2C3C(O)C[C@H]4C[C@@H](NCCCNCCCCN)CCC4C3CC(O)[C@@]21C)OS(=O)(=O)O. The van der Waals surface area contributed by atoms with Crippen LogP contribution in [0.25, 0.3) is 0 Å². The van der Waals surface area contributed by atoms with Crippen LogP contribution in [0.3, 0.4) is 0 Å². The highest BCUT2D eigenvalue weighted by molar-refractivity contribution is 7.80. The molecule has 43 heavy (non-hydrogen) atoms. The van der Waals surface area contributed by atoms with E-state index in [1.807, 2.05) is 13.8 Å². The maximum atomic E-state index is 11.8. The van der Waals surface area contributed by atoms with E-state index in [0.29, 0.717) is 42.1 Å². The molecule has 0 saturated heterocycles. The third-order valence-corrected chi connectivity index (χ3v) is 13.0. The van der Waals surface area contributed by atoms with Crippen LogP contribution in [-0.4, -0.2) is 73.7 Å². The summed E-state index contributed by atoms with van der Waals surface area (Å²) in [6.07, 6.45) is 10.7. The van der Waals surface area contributed by atoms with Gasteiger partial charge in [0.25, 0.3) is 0 Å². The summed E-state index contributed by atoms with van der Waals surface area (Å²) in [7, 11) is -4.50. The normalized spacial score (nSPS) is 39.2. The lowest BCUT2D eigenvalue weighted by Crippen LogP contribution is -2.59. The fraction of sp³-hybridized carbons (Fsp3) is 1.00. The fourth-order valence-electron chi connectivity index (χ4n) is 10.3. The maximum absolute atomic E-state index is 11.8. The molecule has 4 aliphatic rings. The third kappa shape index (κ3) is 8.53. The molecule has 252 valence electrons. The number of aliphatic hydroxyl groups excluding tert-OH is 2. The molecule has 0 heterocycles. The molecule has 4 saturated carbocycles. The van der Waals surface area contributed by atoms with Crippen molar-refractivity contribution in [2.45, 2.75) is 129 Å². The first-order chi connectivity index (χ1) is 20.4. The summed E-state index contributed by atoms with van der Waals surface area (Å²) in [6.45, 7) is 12.2. The number of fused-ring (bicyclic) bond motifs is 5. The quantitative estimate of drug-likeness (QED) is 0.109. The van der Waals surface area contributed by atoms with Crippen LogP contribution in [0.5, 0.6) is 0 Å². The number of hydrogen-bond acceptors (Lipinski definition) is 8. The monoisotopic (exact) mass is 629 g/mol. The Balaban J connectivity index is 1.32. The molecule has 0 spiro atoms. The van der Waals surface area contributed by atoms with Crippen molar-refractivity contribution in [3.05, 3.63) is 0 Å². The van der Waals surface area contributed by atoms with Gasteiger partial charge in [0.15, 0.2) is 0 Å². The first-order valence-electron chi connectivity index (χ1n) is 17.5. The number of unbranched alkanes of at least 4 members (excludes halogenated alkanes) is 1. The van der Waals surface area contributed by atoms with Crippen LogP contribution in [0.2, 0.25) is 0 Å². The second-order valence-electron chi connectivity index (χ2n) is 15.3. The molecule has 4 rings (SSSR count). The Labute approximate surface area is 261 Å². The van der Waals surface area contributed by atoms with E-state index in [-0.39, 0.29) is 35.4 Å². The van der Waals surface area contributed by atoms with Gasteiger partial charge in [-0.1, -0.05) is 27.7 Å². The van der Waals surface area contributed by atoms with Crippen LogP contribution in [0, 0.1) is 52.8 Å². The van der Waals surface area contributed by atoms with E-state index in [0.717, 1.165) is 84.0 Å². The molecule has 0 radical (unpaired) electrons. The second kappa shape index (κ2) is 15.5. The Kier molecular flexibility index (Phi) is 12.8. The van der Waals surface area contributed by atoms with Crippen molar-refractivity contribution in [2.75, 3.05) is 26.2 Å². The van der Waals surface area contributed by atoms with Crippen molar-refractivity contribution >= 4 is 10.4 Å². The van der Waals surface area contributed by atoms with Crippen molar-refractivity contribution in [3.63, 3.8) is 0 Å². The first-order valence-corrected chi connectivity index (χ1v) is 18.9. The Bertz CT molecular complexity index is 968. The van der Waals surface area contributed by atoms with Crippen LogP contribution in [0.15, 0.2) is 0 Å². The Morgan fingerprint density at radius 1 is 0.930 bits per heavy atom. The van der Waals surface area contributed by atoms with Crippen LogP contribution in [0.1, 0.15) is 105 Å². The lowest BCUT2D eigenvalue weighted by Gasteiger charge is -2.60. The lowest BCUT2D eigenvalue weighted by atomic mass is 9.47. The molecule has 0 aromatic rings. The van der Waals surface area contributed by atoms with Gasteiger partial charge in [0.1, 0.15) is 0 Å². The van der Waals surface area contributed by atoms with Gasteiger partial charge in [-0.15, -0.1) is 0 Å². The van der Waals surface area contributed by atoms with E-state index < -0.39 is 16.5 Å². The summed E-state index contributed by atoms with van der Waals surface area (Å²) in [5.74, 6) is 2.64. The second-order valence-corrected chi connectivity index (χ2v) is 16.3. The molecule has 9 nitrogen and oxygen atoms in total. The summed E-state index contributed by atoms with van der Waals surface area (Å²) in [5.41, 5.74) is 5.32. The van der Waals surface area contributed by atoms with Gasteiger partial charge in [0.2, 0.25) is 0 Å². The number of aliphatic hydroxyl groups is 2. The third-order valence-electron chi connectivity index (χ3n) is 12.5. The van der Waals surface area contributed by atoms with Gasteiger partial charge in [-0.3, -0.25) is 4.55 Å². The van der Waals surface area contributed by atoms with Gasteiger partial charge >= 0.3 is 10.4 Å². The summed E-state index contributed by atoms with van der Waals surface area (Å²) < 4.78 is 37.0.